The summed E-state index contributed by atoms with van der Waals surface area (Å²) >= 11 is 0. The van der Waals surface area contributed by atoms with Gasteiger partial charge in [-0.3, -0.25) is 4.79 Å². The molecule has 0 saturated carbocycles. The van der Waals surface area contributed by atoms with E-state index in [1.807, 2.05) is 32.0 Å². The molecule has 1 amide bonds. The van der Waals surface area contributed by atoms with Gasteiger partial charge in [-0.25, -0.2) is 0 Å². The van der Waals surface area contributed by atoms with Crippen molar-refractivity contribution in [1.29, 1.82) is 0 Å². The maximum absolute atomic E-state index is 12.1. The van der Waals surface area contributed by atoms with Gasteiger partial charge in [0.25, 0.3) is 0 Å². The van der Waals surface area contributed by atoms with Crippen molar-refractivity contribution in [2.45, 2.75) is 51.0 Å². The van der Waals surface area contributed by atoms with Crippen LogP contribution in [0.25, 0.3) is 0 Å². The Morgan fingerprint density at radius 1 is 1.48 bits per heavy atom. The zero-order chi connectivity index (χ0) is 15.2. The summed E-state index contributed by atoms with van der Waals surface area (Å²) in [7, 11) is 0. The highest BCUT2D eigenvalue weighted by Crippen LogP contribution is 2.44. The summed E-state index contributed by atoms with van der Waals surface area (Å²) in [6.07, 6.45) is 0.631. The molecule has 2 atom stereocenters. The smallest absolute Gasteiger partial charge is 0.223 e. The fraction of sp³-hybridized carbons (Fsp3) is 0.562. The van der Waals surface area contributed by atoms with Crippen molar-refractivity contribution >= 4 is 5.91 Å². The van der Waals surface area contributed by atoms with Gasteiger partial charge in [0, 0.05) is 25.1 Å². The van der Waals surface area contributed by atoms with Crippen LogP contribution in [0, 0.1) is 0 Å². The minimum Gasteiger partial charge on any atom is -0.485 e. The van der Waals surface area contributed by atoms with E-state index in [-0.39, 0.29) is 11.9 Å². The second-order valence-electron chi connectivity index (χ2n) is 6.36. The predicted octanol–water partition coefficient (Wildman–Crippen LogP) is 1.34. The summed E-state index contributed by atoms with van der Waals surface area (Å²) in [5.74, 6) is 0.827. The molecular formula is C16H22N2O3. The fourth-order valence-corrected chi connectivity index (χ4v) is 3.24. The molecule has 0 spiro atoms. The quantitative estimate of drug-likeness (QED) is 0.862. The number of aliphatic hydroxyl groups is 1. The summed E-state index contributed by atoms with van der Waals surface area (Å²) in [5, 5.41) is 10.7. The Morgan fingerprint density at radius 3 is 2.86 bits per heavy atom. The van der Waals surface area contributed by atoms with Crippen LogP contribution >= 0.6 is 0 Å². The third kappa shape index (κ3) is 2.30. The van der Waals surface area contributed by atoms with Crippen molar-refractivity contribution in [3.63, 3.8) is 0 Å². The van der Waals surface area contributed by atoms with Crippen LogP contribution in [0.4, 0.5) is 0 Å². The molecule has 0 radical (unpaired) electrons. The van der Waals surface area contributed by atoms with Crippen LogP contribution in [0.3, 0.4) is 0 Å². The number of nitrogens with zero attached hydrogens (tertiary/aromatic N) is 1. The lowest BCUT2D eigenvalue weighted by molar-refractivity contribution is -0.139. The summed E-state index contributed by atoms with van der Waals surface area (Å²) in [6, 6.07) is 5.41. The lowest BCUT2D eigenvalue weighted by Crippen LogP contribution is -2.53. The summed E-state index contributed by atoms with van der Waals surface area (Å²) in [5.41, 5.74) is 6.82. The van der Waals surface area contributed by atoms with Crippen molar-refractivity contribution in [1.82, 2.24) is 4.90 Å². The molecule has 1 aromatic carbocycles. The molecule has 2 aliphatic heterocycles. The van der Waals surface area contributed by atoms with Gasteiger partial charge in [-0.15, -0.1) is 0 Å². The van der Waals surface area contributed by atoms with E-state index in [9.17, 15) is 9.90 Å². The number of likely N-dealkylation sites (tertiary alicyclic amines) is 1. The molecule has 0 unspecified atom stereocenters. The van der Waals surface area contributed by atoms with Gasteiger partial charge < -0.3 is 20.5 Å². The molecular weight excluding hydrogens is 268 g/mol. The molecule has 21 heavy (non-hydrogen) atoms. The van der Waals surface area contributed by atoms with E-state index in [1.165, 1.54) is 0 Å². The molecule has 1 fully saturated rings. The third-order valence-electron chi connectivity index (χ3n) is 4.46. The molecule has 0 bridgehead atoms. The number of amides is 1. The first-order valence-electron chi connectivity index (χ1n) is 7.43. The predicted molar refractivity (Wildman–Crippen MR) is 78.7 cm³/mol. The van der Waals surface area contributed by atoms with Crippen molar-refractivity contribution in [3.8, 4) is 5.75 Å². The molecule has 0 aromatic heterocycles. The maximum Gasteiger partial charge on any atom is 0.223 e. The van der Waals surface area contributed by atoms with Gasteiger partial charge in [-0.2, -0.15) is 0 Å². The average Bonchev–Trinajstić information content (AvgIpc) is 2.86. The highest BCUT2D eigenvalue weighted by atomic mass is 16.5. The lowest BCUT2D eigenvalue weighted by Gasteiger charge is -2.45. The lowest BCUT2D eigenvalue weighted by atomic mass is 9.85. The molecule has 114 valence electrons. The van der Waals surface area contributed by atoms with Crippen LogP contribution < -0.4 is 10.5 Å². The summed E-state index contributed by atoms with van der Waals surface area (Å²) in [4.78, 5) is 13.9. The normalized spacial score (nSPS) is 27.4. The van der Waals surface area contributed by atoms with E-state index in [0.29, 0.717) is 19.5 Å². The van der Waals surface area contributed by atoms with Crippen molar-refractivity contribution in [3.05, 3.63) is 29.3 Å². The van der Waals surface area contributed by atoms with E-state index >= 15 is 0 Å². The van der Waals surface area contributed by atoms with Crippen LogP contribution in [0.5, 0.6) is 5.75 Å². The van der Waals surface area contributed by atoms with Gasteiger partial charge in [0.2, 0.25) is 5.91 Å². The standard InChI is InChI=1S/C16H22N2O3/c1-16(2)15(20)14(18-7-3-4-13(18)19)11-8-10(9-17)5-6-12(11)21-16/h5-6,8,14-15,20H,3-4,7,9,17H2,1-2H3/t14-,15+/m0/s1. The largest absolute Gasteiger partial charge is 0.485 e. The topological polar surface area (TPSA) is 75.8 Å². The van der Waals surface area contributed by atoms with Gasteiger partial charge in [0.05, 0.1) is 6.04 Å². The SMILES string of the molecule is CC1(C)Oc2ccc(CN)cc2[C@H](N2CCCC2=O)[C@H]1O. The molecule has 0 aliphatic carbocycles. The molecule has 3 N–H and O–H groups in total. The Balaban J connectivity index is 2.10. The van der Waals surface area contributed by atoms with Crippen LogP contribution in [0.15, 0.2) is 18.2 Å². The highest BCUT2D eigenvalue weighted by Gasteiger charge is 2.47. The van der Waals surface area contributed by atoms with Crippen molar-refractivity contribution in [2.24, 2.45) is 5.73 Å². The summed E-state index contributed by atoms with van der Waals surface area (Å²) < 4.78 is 5.93. The number of aliphatic hydroxyl groups excluding tert-OH is 1. The van der Waals surface area contributed by atoms with E-state index < -0.39 is 11.7 Å². The Labute approximate surface area is 124 Å². The van der Waals surface area contributed by atoms with Gasteiger partial charge >= 0.3 is 0 Å². The van der Waals surface area contributed by atoms with Crippen LogP contribution in [-0.4, -0.2) is 34.2 Å². The number of nitrogens with two attached hydrogens (primary N) is 1. The molecule has 2 aliphatic rings. The zero-order valence-corrected chi connectivity index (χ0v) is 12.5. The number of carbonyl (C=O) groups is 1. The number of ether oxygens (including phenoxy) is 1. The zero-order valence-electron chi connectivity index (χ0n) is 12.5. The highest BCUT2D eigenvalue weighted by molar-refractivity contribution is 5.79. The Kier molecular flexibility index (Phi) is 3.42. The second-order valence-corrected chi connectivity index (χ2v) is 6.36. The minimum atomic E-state index is -0.764. The fourth-order valence-electron chi connectivity index (χ4n) is 3.24. The van der Waals surface area contributed by atoms with Crippen molar-refractivity contribution < 1.29 is 14.6 Å². The Morgan fingerprint density at radius 2 is 2.24 bits per heavy atom. The Bertz CT molecular complexity index is 571. The number of benzene rings is 1. The number of carbonyl (C=O) groups excluding carboxylic acids is 1. The number of hydrogen-bond acceptors (Lipinski definition) is 4. The second kappa shape index (κ2) is 5.00. The van der Waals surface area contributed by atoms with E-state index in [1.54, 1.807) is 4.90 Å². The minimum absolute atomic E-state index is 0.0980. The third-order valence-corrected chi connectivity index (χ3v) is 4.46. The van der Waals surface area contributed by atoms with Crippen LogP contribution in [0.1, 0.15) is 43.9 Å². The van der Waals surface area contributed by atoms with E-state index in [0.717, 1.165) is 23.3 Å². The van der Waals surface area contributed by atoms with Crippen LogP contribution in [-0.2, 0) is 11.3 Å². The first kappa shape index (κ1) is 14.4. The molecule has 1 aromatic rings. The number of fused-ring (bicyclic) bond motifs is 1. The van der Waals surface area contributed by atoms with Gasteiger partial charge in [-0.1, -0.05) is 6.07 Å². The molecule has 5 heteroatoms. The number of rotatable bonds is 2. The van der Waals surface area contributed by atoms with E-state index in [2.05, 4.69) is 0 Å². The molecule has 2 heterocycles. The van der Waals surface area contributed by atoms with Gasteiger partial charge in [0.1, 0.15) is 17.5 Å². The summed E-state index contributed by atoms with van der Waals surface area (Å²) in [6.45, 7) is 4.81. The maximum atomic E-state index is 12.1. The monoisotopic (exact) mass is 290 g/mol. The molecule has 5 nitrogen and oxygen atoms in total. The molecule has 3 rings (SSSR count). The first-order chi connectivity index (χ1) is 9.94. The van der Waals surface area contributed by atoms with Gasteiger partial charge in [0.15, 0.2) is 0 Å². The first-order valence-corrected chi connectivity index (χ1v) is 7.43. The van der Waals surface area contributed by atoms with Gasteiger partial charge in [-0.05, 0) is 38.0 Å². The van der Waals surface area contributed by atoms with Crippen LogP contribution in [0.2, 0.25) is 0 Å². The van der Waals surface area contributed by atoms with E-state index in [4.69, 9.17) is 10.5 Å². The van der Waals surface area contributed by atoms with Crippen molar-refractivity contribution in [2.75, 3.05) is 6.54 Å². The number of hydrogen-bond donors (Lipinski definition) is 2. The molecule has 1 saturated heterocycles. The Hall–Kier alpha value is -1.59. The average molecular weight is 290 g/mol.